The SMILES string of the molecule is COc1ccc(C2=C(COc3nc(C)ncc3-c3ccc(/C(N)=N/O)cc3)C2)nc1. The average Bonchev–Trinajstić information content (AvgIpc) is 3.57. The van der Waals surface area contributed by atoms with E-state index in [4.69, 9.17) is 20.4 Å². The van der Waals surface area contributed by atoms with Gasteiger partial charge in [-0.2, -0.15) is 4.98 Å². The van der Waals surface area contributed by atoms with E-state index in [9.17, 15) is 0 Å². The van der Waals surface area contributed by atoms with E-state index in [-0.39, 0.29) is 5.84 Å². The average molecular weight is 403 g/mol. The second-order valence-corrected chi connectivity index (χ2v) is 6.83. The van der Waals surface area contributed by atoms with E-state index in [1.165, 1.54) is 11.1 Å². The molecule has 0 saturated heterocycles. The highest BCUT2D eigenvalue weighted by Gasteiger charge is 2.25. The van der Waals surface area contributed by atoms with E-state index in [2.05, 4.69) is 20.1 Å². The van der Waals surface area contributed by atoms with Gasteiger partial charge in [0.15, 0.2) is 5.84 Å². The number of pyridine rings is 1. The van der Waals surface area contributed by atoms with Crippen LogP contribution in [0.2, 0.25) is 0 Å². The number of oxime groups is 1. The molecule has 0 radical (unpaired) electrons. The minimum atomic E-state index is 0.0542. The molecule has 152 valence electrons. The summed E-state index contributed by atoms with van der Waals surface area (Å²) in [5.74, 6) is 1.93. The van der Waals surface area contributed by atoms with Gasteiger partial charge < -0.3 is 20.4 Å². The number of hydrogen-bond acceptors (Lipinski definition) is 7. The van der Waals surface area contributed by atoms with Crippen LogP contribution in [0.25, 0.3) is 16.7 Å². The van der Waals surface area contributed by atoms with Crippen LogP contribution in [0.15, 0.2) is 59.5 Å². The van der Waals surface area contributed by atoms with E-state index in [0.717, 1.165) is 29.0 Å². The van der Waals surface area contributed by atoms with E-state index in [1.54, 1.807) is 31.6 Å². The number of ether oxygens (including phenoxy) is 2. The van der Waals surface area contributed by atoms with Gasteiger partial charge in [-0.3, -0.25) is 4.98 Å². The molecule has 8 nitrogen and oxygen atoms in total. The molecule has 3 aromatic rings. The summed E-state index contributed by atoms with van der Waals surface area (Å²) in [6.07, 6.45) is 4.32. The van der Waals surface area contributed by atoms with Crippen LogP contribution in [-0.2, 0) is 0 Å². The molecule has 2 heterocycles. The Kier molecular flexibility index (Phi) is 5.30. The molecule has 0 amide bonds. The molecule has 0 aliphatic heterocycles. The predicted octanol–water partition coefficient (Wildman–Crippen LogP) is 3.19. The van der Waals surface area contributed by atoms with Crippen molar-refractivity contribution < 1.29 is 14.7 Å². The lowest BCUT2D eigenvalue weighted by atomic mass is 10.1. The van der Waals surface area contributed by atoms with Crippen molar-refractivity contribution in [3.63, 3.8) is 0 Å². The summed E-state index contributed by atoms with van der Waals surface area (Å²) < 4.78 is 11.2. The highest BCUT2D eigenvalue weighted by atomic mass is 16.5. The monoisotopic (exact) mass is 403 g/mol. The first-order chi connectivity index (χ1) is 14.6. The van der Waals surface area contributed by atoms with Crippen LogP contribution in [0.4, 0.5) is 0 Å². The summed E-state index contributed by atoms with van der Waals surface area (Å²) >= 11 is 0. The summed E-state index contributed by atoms with van der Waals surface area (Å²) in [6.45, 7) is 2.26. The number of amidine groups is 1. The summed E-state index contributed by atoms with van der Waals surface area (Å²) in [4.78, 5) is 13.2. The zero-order valence-corrected chi connectivity index (χ0v) is 16.7. The number of nitrogens with two attached hydrogens (primary N) is 1. The van der Waals surface area contributed by atoms with Crippen molar-refractivity contribution in [1.29, 1.82) is 0 Å². The number of allylic oxidation sites excluding steroid dienone is 1. The number of hydrogen-bond donors (Lipinski definition) is 2. The molecule has 0 atom stereocenters. The maximum atomic E-state index is 8.81. The Balaban J connectivity index is 1.52. The minimum absolute atomic E-state index is 0.0542. The summed E-state index contributed by atoms with van der Waals surface area (Å²) in [5, 5.41) is 11.8. The van der Waals surface area contributed by atoms with Crippen molar-refractivity contribution in [2.75, 3.05) is 13.7 Å². The number of nitrogens with zero attached hydrogens (tertiary/aromatic N) is 4. The van der Waals surface area contributed by atoms with Gasteiger partial charge in [0.05, 0.1) is 24.6 Å². The van der Waals surface area contributed by atoms with Gasteiger partial charge in [-0.1, -0.05) is 29.4 Å². The first-order valence-electron chi connectivity index (χ1n) is 9.35. The van der Waals surface area contributed by atoms with Gasteiger partial charge in [0.1, 0.15) is 18.2 Å². The standard InChI is InChI=1S/C22H21N5O3/c1-13-24-11-19(14-3-5-15(6-4-14)21(23)27-28)22(26-13)30-12-16-9-18(16)20-8-7-17(29-2)10-25-20/h3-8,10-11,28H,9,12H2,1-2H3,(H2,23,27). The van der Waals surface area contributed by atoms with E-state index >= 15 is 0 Å². The molecule has 4 rings (SSSR count). The van der Waals surface area contributed by atoms with Crippen LogP contribution < -0.4 is 15.2 Å². The van der Waals surface area contributed by atoms with Crippen molar-refractivity contribution in [2.45, 2.75) is 13.3 Å². The molecular weight excluding hydrogens is 382 g/mol. The smallest absolute Gasteiger partial charge is 0.225 e. The Hall–Kier alpha value is -3.94. The van der Waals surface area contributed by atoms with Crippen LogP contribution in [0.5, 0.6) is 11.6 Å². The largest absolute Gasteiger partial charge is 0.495 e. The molecule has 2 aromatic heterocycles. The highest BCUT2D eigenvalue weighted by Crippen LogP contribution is 2.40. The lowest BCUT2D eigenvalue weighted by Crippen LogP contribution is -2.12. The predicted molar refractivity (Wildman–Crippen MR) is 113 cm³/mol. The molecule has 0 bridgehead atoms. The van der Waals surface area contributed by atoms with Crippen LogP contribution in [0, 0.1) is 6.92 Å². The quantitative estimate of drug-likeness (QED) is 0.269. The molecule has 30 heavy (non-hydrogen) atoms. The summed E-state index contributed by atoms with van der Waals surface area (Å²) in [7, 11) is 1.62. The molecule has 0 fully saturated rings. The second-order valence-electron chi connectivity index (χ2n) is 6.83. The van der Waals surface area contributed by atoms with Crippen molar-refractivity contribution in [2.24, 2.45) is 10.9 Å². The van der Waals surface area contributed by atoms with Crippen LogP contribution >= 0.6 is 0 Å². The lowest BCUT2D eigenvalue weighted by molar-refractivity contribution is 0.318. The van der Waals surface area contributed by atoms with Crippen LogP contribution in [0.3, 0.4) is 0 Å². The molecule has 8 heteroatoms. The Labute approximate surface area is 173 Å². The first kappa shape index (κ1) is 19.4. The maximum Gasteiger partial charge on any atom is 0.225 e. The van der Waals surface area contributed by atoms with Gasteiger partial charge in [0.2, 0.25) is 5.88 Å². The molecule has 0 spiro atoms. The molecule has 0 unspecified atom stereocenters. The minimum Gasteiger partial charge on any atom is -0.495 e. The second kappa shape index (κ2) is 8.20. The Morgan fingerprint density at radius 3 is 2.60 bits per heavy atom. The fourth-order valence-electron chi connectivity index (χ4n) is 3.05. The van der Waals surface area contributed by atoms with Crippen LogP contribution in [-0.4, -0.2) is 39.7 Å². The van der Waals surface area contributed by atoms with E-state index < -0.39 is 0 Å². The summed E-state index contributed by atoms with van der Waals surface area (Å²) in [6, 6.07) is 11.1. The molecule has 1 aromatic carbocycles. The summed E-state index contributed by atoms with van der Waals surface area (Å²) in [5.41, 5.74) is 11.2. The number of aromatic nitrogens is 3. The van der Waals surface area contributed by atoms with E-state index in [1.807, 2.05) is 31.2 Å². The van der Waals surface area contributed by atoms with E-state index in [0.29, 0.717) is 23.9 Å². The normalized spacial score (nSPS) is 13.3. The third-order valence-electron chi connectivity index (χ3n) is 4.83. The molecule has 1 aliphatic carbocycles. The van der Waals surface area contributed by atoms with Gasteiger partial charge in [-0.15, -0.1) is 0 Å². The van der Waals surface area contributed by atoms with Crippen molar-refractivity contribution in [1.82, 2.24) is 15.0 Å². The number of aryl methyl sites for hydroxylation is 1. The third kappa shape index (κ3) is 4.07. The first-order valence-corrected chi connectivity index (χ1v) is 9.35. The molecule has 3 N–H and O–H groups in total. The Morgan fingerprint density at radius 1 is 1.13 bits per heavy atom. The zero-order chi connectivity index (χ0) is 21.1. The molecular formula is C22H21N5O3. The topological polar surface area (TPSA) is 116 Å². The van der Waals surface area contributed by atoms with Crippen molar-refractivity contribution >= 4 is 11.4 Å². The van der Waals surface area contributed by atoms with Gasteiger partial charge in [0.25, 0.3) is 0 Å². The highest BCUT2D eigenvalue weighted by molar-refractivity contribution is 5.97. The fourth-order valence-corrected chi connectivity index (χ4v) is 3.05. The molecule has 0 saturated carbocycles. The maximum absolute atomic E-state index is 8.81. The Morgan fingerprint density at radius 2 is 1.93 bits per heavy atom. The zero-order valence-electron chi connectivity index (χ0n) is 16.7. The fraction of sp³-hybridized carbons (Fsp3) is 0.182. The molecule has 1 aliphatic rings. The van der Waals surface area contributed by atoms with Gasteiger partial charge >= 0.3 is 0 Å². The number of methoxy groups -OCH3 is 1. The van der Waals surface area contributed by atoms with Gasteiger partial charge in [-0.05, 0) is 42.2 Å². The lowest BCUT2D eigenvalue weighted by Gasteiger charge is -2.10. The third-order valence-corrected chi connectivity index (χ3v) is 4.83. The Bertz CT molecular complexity index is 1120. The van der Waals surface area contributed by atoms with Crippen LogP contribution in [0.1, 0.15) is 23.5 Å². The van der Waals surface area contributed by atoms with Gasteiger partial charge in [0, 0.05) is 11.8 Å². The van der Waals surface area contributed by atoms with Gasteiger partial charge in [-0.25, -0.2) is 4.98 Å². The van der Waals surface area contributed by atoms with Crippen molar-refractivity contribution in [3.8, 4) is 22.8 Å². The van der Waals surface area contributed by atoms with Crippen molar-refractivity contribution in [3.05, 3.63) is 71.4 Å². The number of benzene rings is 1. The number of rotatable bonds is 7.